The summed E-state index contributed by atoms with van der Waals surface area (Å²) in [6.45, 7) is 1.46. The lowest BCUT2D eigenvalue weighted by molar-refractivity contribution is 0.0659. The lowest BCUT2D eigenvalue weighted by atomic mass is 10.3. The Labute approximate surface area is 118 Å². The van der Waals surface area contributed by atoms with Crippen molar-refractivity contribution in [3.8, 4) is 0 Å². The average Bonchev–Trinajstić information content (AvgIpc) is 3.13. The molecular formula is C14H21N5O. The van der Waals surface area contributed by atoms with Crippen molar-refractivity contribution in [3.05, 3.63) is 18.6 Å². The zero-order chi connectivity index (χ0) is 13.8. The van der Waals surface area contributed by atoms with Crippen LogP contribution in [0.5, 0.6) is 0 Å². The van der Waals surface area contributed by atoms with Crippen LogP contribution in [0.1, 0.15) is 25.7 Å². The molecule has 1 fully saturated rings. The molecule has 6 nitrogen and oxygen atoms in total. The van der Waals surface area contributed by atoms with E-state index in [1.54, 1.807) is 6.20 Å². The molecule has 2 aromatic heterocycles. The van der Waals surface area contributed by atoms with E-state index in [1.165, 1.54) is 25.7 Å². The van der Waals surface area contributed by atoms with E-state index in [2.05, 4.69) is 20.6 Å². The van der Waals surface area contributed by atoms with Gasteiger partial charge >= 0.3 is 0 Å². The first kappa shape index (κ1) is 13.2. The van der Waals surface area contributed by atoms with E-state index in [1.807, 2.05) is 23.8 Å². The van der Waals surface area contributed by atoms with E-state index in [9.17, 15) is 0 Å². The van der Waals surface area contributed by atoms with Gasteiger partial charge in [0.15, 0.2) is 11.5 Å². The summed E-state index contributed by atoms with van der Waals surface area (Å²) in [5.41, 5.74) is 0.838. The number of nitrogens with zero attached hydrogens (tertiary/aromatic N) is 3. The lowest BCUT2D eigenvalue weighted by Gasteiger charge is -2.12. The summed E-state index contributed by atoms with van der Waals surface area (Å²) in [6, 6.07) is 0. The van der Waals surface area contributed by atoms with Gasteiger partial charge in [0, 0.05) is 26.0 Å². The highest BCUT2D eigenvalue weighted by atomic mass is 16.5. The van der Waals surface area contributed by atoms with Crippen molar-refractivity contribution >= 4 is 17.3 Å². The van der Waals surface area contributed by atoms with Crippen molar-refractivity contribution < 1.29 is 4.74 Å². The minimum absolute atomic E-state index is 0.458. The molecule has 0 saturated heterocycles. The Bertz CT molecular complexity index is 562. The Kier molecular flexibility index (Phi) is 4.01. The van der Waals surface area contributed by atoms with Crippen molar-refractivity contribution in [2.24, 2.45) is 0 Å². The van der Waals surface area contributed by atoms with Gasteiger partial charge in [-0.25, -0.2) is 9.97 Å². The van der Waals surface area contributed by atoms with E-state index in [-0.39, 0.29) is 0 Å². The quantitative estimate of drug-likeness (QED) is 0.791. The van der Waals surface area contributed by atoms with E-state index >= 15 is 0 Å². The van der Waals surface area contributed by atoms with Gasteiger partial charge in [0.1, 0.15) is 5.82 Å². The van der Waals surface area contributed by atoms with Gasteiger partial charge in [0.2, 0.25) is 0 Å². The Morgan fingerprint density at radius 2 is 2.25 bits per heavy atom. The summed E-state index contributed by atoms with van der Waals surface area (Å²) in [7, 11) is 1.86. The van der Waals surface area contributed by atoms with Gasteiger partial charge in [-0.1, -0.05) is 12.8 Å². The van der Waals surface area contributed by atoms with Crippen LogP contribution in [0, 0.1) is 0 Å². The van der Waals surface area contributed by atoms with E-state index in [0.29, 0.717) is 12.7 Å². The highest BCUT2D eigenvalue weighted by Gasteiger charge is 2.14. The normalized spacial score (nSPS) is 15.8. The van der Waals surface area contributed by atoms with Crippen LogP contribution >= 0.6 is 0 Å². The molecule has 1 aliphatic carbocycles. The maximum Gasteiger partial charge on any atom is 0.180 e. The van der Waals surface area contributed by atoms with Crippen LogP contribution in [-0.2, 0) is 4.74 Å². The zero-order valence-electron chi connectivity index (χ0n) is 11.8. The SMILES string of the molecule is CNc1cn2ccnc2c(NCCOC2CCCC2)n1. The molecule has 2 heterocycles. The van der Waals surface area contributed by atoms with Gasteiger partial charge in [-0.05, 0) is 12.8 Å². The molecule has 1 aliphatic rings. The van der Waals surface area contributed by atoms with Gasteiger partial charge in [-0.3, -0.25) is 0 Å². The van der Waals surface area contributed by atoms with E-state index in [4.69, 9.17) is 4.74 Å². The molecule has 2 N–H and O–H groups in total. The second kappa shape index (κ2) is 6.09. The fourth-order valence-electron chi connectivity index (χ4n) is 2.62. The van der Waals surface area contributed by atoms with Crippen LogP contribution in [0.4, 0.5) is 11.6 Å². The topological polar surface area (TPSA) is 63.5 Å². The number of rotatable bonds is 6. The summed E-state index contributed by atoms with van der Waals surface area (Å²) in [4.78, 5) is 8.82. The van der Waals surface area contributed by atoms with Crippen LogP contribution in [0.2, 0.25) is 0 Å². The summed E-state index contributed by atoms with van der Waals surface area (Å²) >= 11 is 0. The second-order valence-corrected chi connectivity index (χ2v) is 5.09. The van der Waals surface area contributed by atoms with Gasteiger partial charge in [0.25, 0.3) is 0 Å². The third-order valence-corrected chi connectivity index (χ3v) is 3.68. The molecule has 0 radical (unpaired) electrons. The predicted molar refractivity (Wildman–Crippen MR) is 79.2 cm³/mol. The molecule has 6 heteroatoms. The van der Waals surface area contributed by atoms with Gasteiger partial charge in [-0.15, -0.1) is 0 Å². The zero-order valence-corrected chi connectivity index (χ0v) is 11.8. The predicted octanol–water partition coefficient (Wildman–Crippen LogP) is 2.14. The molecule has 108 valence electrons. The van der Waals surface area contributed by atoms with Gasteiger partial charge in [-0.2, -0.15) is 0 Å². The van der Waals surface area contributed by atoms with Crippen LogP contribution in [0.3, 0.4) is 0 Å². The van der Waals surface area contributed by atoms with E-state index < -0.39 is 0 Å². The highest BCUT2D eigenvalue weighted by molar-refractivity contribution is 5.65. The highest BCUT2D eigenvalue weighted by Crippen LogP contribution is 2.21. The first-order valence-corrected chi connectivity index (χ1v) is 7.24. The van der Waals surface area contributed by atoms with Gasteiger partial charge in [0.05, 0.1) is 18.9 Å². The Hall–Kier alpha value is -1.82. The molecule has 0 amide bonds. The smallest absolute Gasteiger partial charge is 0.180 e. The molecule has 0 unspecified atom stereocenters. The first-order valence-electron chi connectivity index (χ1n) is 7.24. The first-order chi connectivity index (χ1) is 9.86. The maximum absolute atomic E-state index is 5.84. The Balaban J connectivity index is 1.59. The largest absolute Gasteiger partial charge is 0.376 e. The summed E-state index contributed by atoms with van der Waals surface area (Å²) < 4.78 is 7.80. The number of hydrogen-bond acceptors (Lipinski definition) is 5. The average molecular weight is 275 g/mol. The van der Waals surface area contributed by atoms with Crippen LogP contribution in [0.15, 0.2) is 18.6 Å². The lowest BCUT2D eigenvalue weighted by Crippen LogP contribution is -2.16. The van der Waals surface area contributed by atoms with Crippen molar-refractivity contribution in [1.29, 1.82) is 0 Å². The van der Waals surface area contributed by atoms with Gasteiger partial charge < -0.3 is 19.8 Å². The monoisotopic (exact) mass is 275 g/mol. The molecule has 2 aromatic rings. The molecule has 3 rings (SSSR count). The number of fused-ring (bicyclic) bond motifs is 1. The fraction of sp³-hybridized carbons (Fsp3) is 0.571. The number of hydrogen-bond donors (Lipinski definition) is 2. The van der Waals surface area contributed by atoms with Crippen molar-refractivity contribution in [2.45, 2.75) is 31.8 Å². The molecule has 0 spiro atoms. The molecule has 1 saturated carbocycles. The summed E-state index contributed by atoms with van der Waals surface area (Å²) in [6.07, 6.45) is 11.1. The summed E-state index contributed by atoms with van der Waals surface area (Å²) in [5.74, 6) is 1.60. The minimum atomic E-state index is 0.458. The number of nitrogens with one attached hydrogen (secondary N) is 2. The third-order valence-electron chi connectivity index (χ3n) is 3.68. The van der Waals surface area contributed by atoms with Crippen molar-refractivity contribution in [1.82, 2.24) is 14.4 Å². The number of imidazole rings is 1. The van der Waals surface area contributed by atoms with Crippen LogP contribution < -0.4 is 10.6 Å². The van der Waals surface area contributed by atoms with Crippen LogP contribution in [0.25, 0.3) is 5.65 Å². The standard InChI is InChI=1S/C14H21N5O/c1-15-12-10-19-8-6-17-14(19)13(18-12)16-7-9-20-11-4-2-3-5-11/h6,8,10-11,15H,2-5,7,9H2,1H3,(H,16,18). The Morgan fingerprint density at radius 3 is 3.05 bits per heavy atom. The molecule has 0 aromatic carbocycles. The second-order valence-electron chi connectivity index (χ2n) is 5.09. The summed E-state index contributed by atoms with van der Waals surface area (Å²) in [5, 5.41) is 6.37. The molecule has 0 bridgehead atoms. The van der Waals surface area contributed by atoms with Crippen LogP contribution in [-0.4, -0.2) is 40.7 Å². The van der Waals surface area contributed by atoms with Crippen molar-refractivity contribution in [3.63, 3.8) is 0 Å². The number of anilines is 2. The van der Waals surface area contributed by atoms with Crippen molar-refractivity contribution in [2.75, 3.05) is 30.8 Å². The van der Waals surface area contributed by atoms with E-state index in [0.717, 1.165) is 23.8 Å². The molecule has 0 atom stereocenters. The third kappa shape index (κ3) is 2.85. The maximum atomic E-state index is 5.84. The Morgan fingerprint density at radius 1 is 1.40 bits per heavy atom. The number of ether oxygens (including phenoxy) is 1. The molecular weight excluding hydrogens is 254 g/mol. The number of aromatic nitrogens is 3. The molecule has 20 heavy (non-hydrogen) atoms. The molecule has 0 aliphatic heterocycles. The minimum Gasteiger partial charge on any atom is -0.376 e. The fourth-order valence-corrected chi connectivity index (χ4v) is 2.62.